The van der Waals surface area contributed by atoms with Crippen LogP contribution in [0.3, 0.4) is 0 Å². The lowest BCUT2D eigenvalue weighted by Crippen LogP contribution is -2.54. The van der Waals surface area contributed by atoms with Gasteiger partial charge < -0.3 is 14.2 Å². The molecule has 0 spiro atoms. The molecule has 0 aromatic heterocycles. The first kappa shape index (κ1) is 17.0. The molecule has 1 heterocycles. The van der Waals surface area contributed by atoms with E-state index in [1.54, 1.807) is 44.2 Å². The highest BCUT2D eigenvalue weighted by Crippen LogP contribution is 2.36. The third-order valence-corrected chi connectivity index (χ3v) is 3.84. The van der Waals surface area contributed by atoms with E-state index in [0.29, 0.717) is 5.56 Å². The molecule has 0 saturated carbocycles. The summed E-state index contributed by atoms with van der Waals surface area (Å²) in [5.41, 5.74) is -1.22. The third-order valence-electron chi connectivity index (χ3n) is 3.84. The van der Waals surface area contributed by atoms with Gasteiger partial charge in [-0.25, -0.2) is 9.59 Å². The zero-order valence-corrected chi connectivity index (χ0v) is 13.4. The Balaban J connectivity index is 2.31. The van der Waals surface area contributed by atoms with Gasteiger partial charge in [0, 0.05) is 6.42 Å². The van der Waals surface area contributed by atoms with Crippen molar-refractivity contribution in [3.63, 3.8) is 0 Å². The van der Waals surface area contributed by atoms with Gasteiger partial charge in [0.25, 0.3) is 0 Å². The van der Waals surface area contributed by atoms with Crippen LogP contribution in [0.4, 0.5) is 0 Å². The predicted molar refractivity (Wildman–Crippen MR) is 80.6 cm³/mol. The summed E-state index contributed by atoms with van der Waals surface area (Å²) < 4.78 is 15.6. The summed E-state index contributed by atoms with van der Waals surface area (Å²) in [7, 11) is 1.21. The Kier molecular flexibility index (Phi) is 5.03. The molecule has 1 aromatic rings. The Morgan fingerprint density at radius 2 is 1.87 bits per heavy atom. The average Bonchev–Trinajstić information content (AvgIpc) is 2.95. The van der Waals surface area contributed by atoms with Crippen molar-refractivity contribution in [2.75, 3.05) is 7.11 Å². The Bertz CT molecular complexity index is 594. The molecule has 1 fully saturated rings. The fourth-order valence-electron chi connectivity index (χ4n) is 2.75. The fourth-order valence-corrected chi connectivity index (χ4v) is 2.75. The Morgan fingerprint density at radius 1 is 1.22 bits per heavy atom. The highest BCUT2D eigenvalue weighted by atomic mass is 16.6. The third kappa shape index (κ3) is 3.36. The second kappa shape index (κ2) is 6.81. The Morgan fingerprint density at radius 3 is 2.35 bits per heavy atom. The van der Waals surface area contributed by atoms with Crippen molar-refractivity contribution in [1.82, 2.24) is 0 Å². The Labute approximate surface area is 134 Å². The van der Waals surface area contributed by atoms with Gasteiger partial charge in [0.15, 0.2) is 6.10 Å². The molecule has 2 rings (SSSR count). The zero-order chi connectivity index (χ0) is 17.0. The van der Waals surface area contributed by atoms with Crippen LogP contribution >= 0.6 is 0 Å². The normalized spacial score (nSPS) is 21.7. The topological polar surface area (TPSA) is 78.9 Å². The fraction of sp³-hybridized carbons (Fsp3) is 0.471. The number of rotatable bonds is 5. The number of ether oxygens (including phenoxy) is 3. The molecule has 1 aliphatic rings. The lowest BCUT2D eigenvalue weighted by atomic mass is 9.86. The number of hydrogen-bond acceptors (Lipinski definition) is 6. The first-order valence-electron chi connectivity index (χ1n) is 7.47. The van der Waals surface area contributed by atoms with Crippen LogP contribution in [0.2, 0.25) is 0 Å². The summed E-state index contributed by atoms with van der Waals surface area (Å²) in [4.78, 5) is 36.2. The SMILES string of the molecule is COC(=O)C1(C(OC(=O)c2ccccc2)C(C)C)CCC(=O)O1. The van der Waals surface area contributed by atoms with Crippen molar-refractivity contribution in [2.45, 2.75) is 38.4 Å². The summed E-state index contributed by atoms with van der Waals surface area (Å²) in [6.07, 6.45) is -0.709. The van der Waals surface area contributed by atoms with E-state index in [-0.39, 0.29) is 18.8 Å². The minimum atomic E-state index is -1.58. The molecule has 2 unspecified atom stereocenters. The van der Waals surface area contributed by atoms with Gasteiger partial charge in [-0.1, -0.05) is 32.0 Å². The summed E-state index contributed by atoms with van der Waals surface area (Å²) >= 11 is 0. The molecule has 124 valence electrons. The maximum absolute atomic E-state index is 12.3. The number of cyclic esters (lactones) is 1. The highest BCUT2D eigenvalue weighted by molar-refractivity contribution is 5.91. The van der Waals surface area contributed by atoms with E-state index in [1.807, 2.05) is 0 Å². The van der Waals surface area contributed by atoms with E-state index < -0.39 is 29.6 Å². The van der Waals surface area contributed by atoms with Crippen LogP contribution in [0.15, 0.2) is 30.3 Å². The minimum absolute atomic E-state index is 0.0845. The van der Waals surface area contributed by atoms with E-state index in [1.165, 1.54) is 7.11 Å². The molecule has 6 heteroatoms. The van der Waals surface area contributed by atoms with Crippen molar-refractivity contribution in [3.8, 4) is 0 Å². The van der Waals surface area contributed by atoms with Crippen LogP contribution in [-0.4, -0.2) is 36.7 Å². The van der Waals surface area contributed by atoms with Gasteiger partial charge in [-0.3, -0.25) is 4.79 Å². The van der Waals surface area contributed by atoms with E-state index >= 15 is 0 Å². The standard InChI is InChI=1S/C17H20O6/c1-11(2)14(22-15(19)12-7-5-4-6-8-12)17(16(20)21-3)10-9-13(18)23-17/h4-8,11,14H,9-10H2,1-3H3. The summed E-state index contributed by atoms with van der Waals surface area (Å²) in [5, 5.41) is 0. The lowest BCUT2D eigenvalue weighted by molar-refractivity contribution is -0.188. The van der Waals surface area contributed by atoms with E-state index in [0.717, 1.165) is 0 Å². The van der Waals surface area contributed by atoms with Crippen molar-refractivity contribution in [2.24, 2.45) is 5.92 Å². The van der Waals surface area contributed by atoms with Crippen LogP contribution in [0.1, 0.15) is 37.0 Å². The van der Waals surface area contributed by atoms with E-state index in [9.17, 15) is 14.4 Å². The van der Waals surface area contributed by atoms with Crippen LogP contribution in [0, 0.1) is 5.92 Å². The van der Waals surface area contributed by atoms with Crippen LogP contribution in [0.25, 0.3) is 0 Å². The van der Waals surface area contributed by atoms with E-state index in [2.05, 4.69) is 0 Å². The molecule has 1 aromatic carbocycles. The number of carbonyl (C=O) groups excluding carboxylic acids is 3. The average molecular weight is 320 g/mol. The van der Waals surface area contributed by atoms with Gasteiger partial charge in [-0.15, -0.1) is 0 Å². The van der Waals surface area contributed by atoms with Gasteiger partial charge in [0.2, 0.25) is 5.60 Å². The van der Waals surface area contributed by atoms with E-state index in [4.69, 9.17) is 14.2 Å². The molecule has 6 nitrogen and oxygen atoms in total. The number of esters is 3. The first-order valence-corrected chi connectivity index (χ1v) is 7.47. The second-order valence-corrected chi connectivity index (χ2v) is 5.79. The molecule has 0 amide bonds. The molecule has 0 aliphatic carbocycles. The van der Waals surface area contributed by atoms with Gasteiger partial charge in [0.05, 0.1) is 19.1 Å². The van der Waals surface area contributed by atoms with Crippen molar-refractivity contribution >= 4 is 17.9 Å². The molecule has 1 aliphatic heterocycles. The molecule has 23 heavy (non-hydrogen) atoms. The Hall–Kier alpha value is -2.37. The summed E-state index contributed by atoms with van der Waals surface area (Å²) in [6.45, 7) is 3.58. The molecule has 0 bridgehead atoms. The van der Waals surface area contributed by atoms with Crippen molar-refractivity contribution < 1.29 is 28.6 Å². The maximum Gasteiger partial charge on any atom is 0.354 e. The van der Waals surface area contributed by atoms with Crippen LogP contribution < -0.4 is 0 Å². The van der Waals surface area contributed by atoms with Gasteiger partial charge in [-0.05, 0) is 18.1 Å². The number of benzene rings is 1. The van der Waals surface area contributed by atoms with Gasteiger partial charge >= 0.3 is 17.9 Å². The monoisotopic (exact) mass is 320 g/mol. The summed E-state index contributed by atoms with van der Waals surface area (Å²) in [6, 6.07) is 8.45. The molecule has 1 saturated heterocycles. The zero-order valence-electron chi connectivity index (χ0n) is 13.4. The lowest BCUT2D eigenvalue weighted by Gasteiger charge is -2.35. The quantitative estimate of drug-likeness (QED) is 0.611. The smallest absolute Gasteiger partial charge is 0.354 e. The second-order valence-electron chi connectivity index (χ2n) is 5.79. The largest absolute Gasteiger partial charge is 0.466 e. The number of hydrogen-bond donors (Lipinski definition) is 0. The number of methoxy groups -OCH3 is 1. The minimum Gasteiger partial charge on any atom is -0.466 e. The van der Waals surface area contributed by atoms with Crippen molar-refractivity contribution in [3.05, 3.63) is 35.9 Å². The molecular weight excluding hydrogens is 300 g/mol. The molecule has 0 N–H and O–H groups in total. The van der Waals surface area contributed by atoms with Crippen LogP contribution in [-0.2, 0) is 23.8 Å². The highest BCUT2D eigenvalue weighted by Gasteiger charge is 2.57. The first-order chi connectivity index (χ1) is 10.9. The number of carbonyl (C=O) groups is 3. The predicted octanol–water partition coefficient (Wildman–Crippen LogP) is 2.12. The molecule has 2 atom stereocenters. The van der Waals surface area contributed by atoms with Gasteiger partial charge in [0.1, 0.15) is 0 Å². The maximum atomic E-state index is 12.3. The molecule has 0 radical (unpaired) electrons. The van der Waals surface area contributed by atoms with Crippen LogP contribution in [0.5, 0.6) is 0 Å². The summed E-state index contributed by atoms with van der Waals surface area (Å²) in [5.74, 6) is -2.03. The van der Waals surface area contributed by atoms with Gasteiger partial charge in [-0.2, -0.15) is 0 Å². The van der Waals surface area contributed by atoms with Crippen molar-refractivity contribution in [1.29, 1.82) is 0 Å². The molecular formula is C17H20O6.